The highest BCUT2D eigenvalue weighted by molar-refractivity contribution is 6.43. The molecule has 0 saturated heterocycles. The number of carbonyl (C=O) groups excluding carboxylic acids is 1. The molecule has 120 valence electrons. The standard InChI is InChI=1S/C14H9Cl3N2O4/c15-8-2-1-3-11(14(8)17)23-12-4-7(5-13(18)20)10(19(21)22)6-9(12)16/h1-4,6H,5H2,(H2,18,20). The van der Waals surface area contributed by atoms with Crippen LogP contribution in [0.1, 0.15) is 5.56 Å². The van der Waals surface area contributed by atoms with Crippen molar-refractivity contribution in [2.24, 2.45) is 5.73 Å². The predicted octanol–water partition coefficient (Wildman–Crippen LogP) is 4.38. The van der Waals surface area contributed by atoms with Crippen LogP contribution in [0.15, 0.2) is 30.3 Å². The third-order valence-corrected chi connectivity index (χ3v) is 3.93. The van der Waals surface area contributed by atoms with Crippen molar-refractivity contribution in [2.45, 2.75) is 6.42 Å². The summed E-state index contributed by atoms with van der Waals surface area (Å²) in [5.41, 5.74) is 4.87. The van der Waals surface area contributed by atoms with E-state index < -0.39 is 10.8 Å². The number of rotatable bonds is 5. The first-order valence-electron chi connectivity index (χ1n) is 6.16. The Morgan fingerprint density at radius 1 is 1.17 bits per heavy atom. The molecule has 0 aromatic heterocycles. The van der Waals surface area contributed by atoms with Crippen molar-refractivity contribution in [2.75, 3.05) is 0 Å². The summed E-state index contributed by atoms with van der Waals surface area (Å²) in [6, 6.07) is 7.12. The third kappa shape index (κ3) is 4.04. The number of nitro benzene ring substituents is 1. The molecule has 0 unspecified atom stereocenters. The van der Waals surface area contributed by atoms with Gasteiger partial charge in [0.15, 0.2) is 0 Å². The highest BCUT2D eigenvalue weighted by atomic mass is 35.5. The fourth-order valence-electron chi connectivity index (χ4n) is 1.84. The van der Waals surface area contributed by atoms with E-state index in [2.05, 4.69) is 0 Å². The lowest BCUT2D eigenvalue weighted by molar-refractivity contribution is -0.385. The topological polar surface area (TPSA) is 95.5 Å². The summed E-state index contributed by atoms with van der Waals surface area (Å²) < 4.78 is 5.55. The average Bonchev–Trinajstić information content (AvgIpc) is 2.46. The first kappa shape index (κ1) is 17.3. The lowest BCUT2D eigenvalue weighted by Gasteiger charge is -2.11. The lowest BCUT2D eigenvalue weighted by atomic mass is 10.1. The van der Waals surface area contributed by atoms with E-state index in [0.29, 0.717) is 0 Å². The Hall–Kier alpha value is -2.02. The summed E-state index contributed by atoms with van der Waals surface area (Å²) in [5.74, 6) is -0.403. The molecular weight excluding hydrogens is 367 g/mol. The van der Waals surface area contributed by atoms with Gasteiger partial charge < -0.3 is 10.5 Å². The van der Waals surface area contributed by atoms with Gasteiger partial charge in [-0.2, -0.15) is 0 Å². The second-order valence-corrected chi connectivity index (χ2v) is 5.66. The largest absolute Gasteiger partial charge is 0.454 e. The molecule has 2 aromatic rings. The molecule has 0 aliphatic carbocycles. The molecule has 0 heterocycles. The van der Waals surface area contributed by atoms with E-state index in [0.717, 1.165) is 6.07 Å². The number of amides is 1. The summed E-state index contributed by atoms with van der Waals surface area (Å²) in [4.78, 5) is 21.5. The van der Waals surface area contributed by atoms with Crippen molar-refractivity contribution < 1.29 is 14.5 Å². The maximum Gasteiger partial charge on any atom is 0.274 e. The molecule has 6 nitrogen and oxygen atoms in total. The minimum Gasteiger partial charge on any atom is -0.454 e. The van der Waals surface area contributed by atoms with Crippen LogP contribution in [0.25, 0.3) is 0 Å². The van der Waals surface area contributed by atoms with Gasteiger partial charge in [-0.3, -0.25) is 14.9 Å². The summed E-state index contributed by atoms with van der Waals surface area (Å²) in [6.45, 7) is 0. The summed E-state index contributed by atoms with van der Waals surface area (Å²) in [7, 11) is 0. The fraction of sp³-hybridized carbons (Fsp3) is 0.0714. The van der Waals surface area contributed by atoms with Gasteiger partial charge in [0.2, 0.25) is 5.91 Å². The Labute approximate surface area is 145 Å². The number of halogens is 3. The Bertz CT molecular complexity index is 796. The molecule has 0 aliphatic rings. The predicted molar refractivity (Wildman–Crippen MR) is 87.5 cm³/mol. The van der Waals surface area contributed by atoms with Crippen LogP contribution in [0.5, 0.6) is 11.5 Å². The molecule has 0 saturated carbocycles. The lowest BCUT2D eigenvalue weighted by Crippen LogP contribution is -2.14. The second-order valence-electron chi connectivity index (χ2n) is 4.47. The van der Waals surface area contributed by atoms with Crippen LogP contribution in [0, 0.1) is 10.1 Å². The van der Waals surface area contributed by atoms with Crippen molar-refractivity contribution in [3.63, 3.8) is 0 Å². The van der Waals surface area contributed by atoms with Crippen molar-refractivity contribution in [1.29, 1.82) is 0 Å². The molecule has 23 heavy (non-hydrogen) atoms. The maximum atomic E-state index is 11.1. The van der Waals surface area contributed by atoms with Crippen molar-refractivity contribution >= 4 is 46.4 Å². The van der Waals surface area contributed by atoms with Crippen molar-refractivity contribution in [3.05, 3.63) is 61.1 Å². The number of nitro groups is 1. The number of primary amides is 1. The van der Waals surface area contributed by atoms with Crippen molar-refractivity contribution in [3.8, 4) is 11.5 Å². The van der Waals surface area contributed by atoms with Gasteiger partial charge in [0.1, 0.15) is 16.5 Å². The van der Waals surface area contributed by atoms with E-state index in [1.54, 1.807) is 18.2 Å². The Morgan fingerprint density at radius 2 is 1.87 bits per heavy atom. The summed E-state index contributed by atoms with van der Waals surface area (Å²) >= 11 is 17.9. The zero-order valence-electron chi connectivity index (χ0n) is 11.4. The molecule has 2 rings (SSSR count). The highest BCUT2D eigenvalue weighted by Gasteiger charge is 2.20. The number of nitrogens with zero attached hydrogens (tertiary/aromatic N) is 1. The first-order chi connectivity index (χ1) is 10.8. The molecule has 0 atom stereocenters. The minimum absolute atomic E-state index is 0.0130. The SMILES string of the molecule is NC(=O)Cc1cc(Oc2cccc(Cl)c2Cl)c(Cl)cc1[N+](=O)[O-]. The van der Waals surface area contributed by atoms with E-state index >= 15 is 0 Å². The van der Waals surface area contributed by atoms with E-state index in [9.17, 15) is 14.9 Å². The minimum atomic E-state index is -0.720. The fourth-order valence-corrected chi connectivity index (χ4v) is 2.37. The second kappa shape index (κ2) is 7.04. The quantitative estimate of drug-likeness (QED) is 0.620. The van der Waals surface area contributed by atoms with E-state index in [4.69, 9.17) is 45.3 Å². The monoisotopic (exact) mass is 374 g/mol. The molecule has 0 fully saturated rings. The zero-order valence-corrected chi connectivity index (χ0v) is 13.7. The molecule has 2 N–H and O–H groups in total. The maximum absolute atomic E-state index is 11.1. The van der Waals surface area contributed by atoms with Gasteiger partial charge in [0.05, 0.1) is 21.4 Å². The van der Waals surface area contributed by atoms with Gasteiger partial charge in [0, 0.05) is 11.6 Å². The van der Waals surface area contributed by atoms with Crippen molar-refractivity contribution in [1.82, 2.24) is 0 Å². The Kier molecular flexibility index (Phi) is 5.30. The van der Waals surface area contributed by atoms with Gasteiger partial charge in [-0.05, 0) is 18.2 Å². The molecule has 0 spiro atoms. The van der Waals surface area contributed by atoms with E-state index in [-0.39, 0.29) is 44.2 Å². The number of ether oxygens (including phenoxy) is 1. The van der Waals surface area contributed by atoms with Crippen LogP contribution in [0.4, 0.5) is 5.69 Å². The number of nitrogens with two attached hydrogens (primary N) is 1. The summed E-state index contributed by atoms with van der Waals surface area (Å²) in [5, 5.41) is 11.5. The number of benzene rings is 2. The van der Waals surface area contributed by atoms with Crippen LogP contribution >= 0.6 is 34.8 Å². The molecule has 0 radical (unpaired) electrons. The molecule has 1 amide bonds. The molecule has 9 heteroatoms. The van der Waals surface area contributed by atoms with Gasteiger partial charge >= 0.3 is 0 Å². The van der Waals surface area contributed by atoms with E-state index in [1.165, 1.54) is 6.07 Å². The van der Waals surface area contributed by atoms with Crippen LogP contribution in [0.3, 0.4) is 0 Å². The molecule has 0 bridgehead atoms. The van der Waals surface area contributed by atoms with Crippen LogP contribution in [-0.4, -0.2) is 10.8 Å². The number of hydrogen-bond donors (Lipinski definition) is 1. The summed E-state index contributed by atoms with van der Waals surface area (Å²) in [6.07, 6.45) is -0.326. The molecule has 0 aliphatic heterocycles. The van der Waals surface area contributed by atoms with Crippen LogP contribution in [0.2, 0.25) is 15.1 Å². The number of hydrogen-bond acceptors (Lipinski definition) is 4. The highest BCUT2D eigenvalue weighted by Crippen LogP contribution is 2.39. The molecular formula is C14H9Cl3N2O4. The Morgan fingerprint density at radius 3 is 2.48 bits per heavy atom. The van der Waals surface area contributed by atoms with Gasteiger partial charge in [-0.25, -0.2) is 0 Å². The van der Waals surface area contributed by atoms with Crippen LogP contribution < -0.4 is 10.5 Å². The van der Waals surface area contributed by atoms with Gasteiger partial charge in [-0.1, -0.05) is 40.9 Å². The average molecular weight is 376 g/mol. The van der Waals surface area contributed by atoms with Gasteiger partial charge in [-0.15, -0.1) is 0 Å². The van der Waals surface area contributed by atoms with Crippen LogP contribution in [-0.2, 0) is 11.2 Å². The molecule has 2 aromatic carbocycles. The number of carbonyl (C=O) groups is 1. The smallest absolute Gasteiger partial charge is 0.274 e. The Balaban J connectivity index is 2.48. The third-order valence-electron chi connectivity index (χ3n) is 2.83. The van der Waals surface area contributed by atoms with Gasteiger partial charge in [0.25, 0.3) is 5.69 Å². The van der Waals surface area contributed by atoms with E-state index in [1.807, 2.05) is 0 Å². The first-order valence-corrected chi connectivity index (χ1v) is 7.30. The normalized spacial score (nSPS) is 10.4. The zero-order chi connectivity index (χ0) is 17.1.